The van der Waals surface area contributed by atoms with E-state index in [4.69, 9.17) is 14.2 Å². The second-order valence-corrected chi connectivity index (χ2v) is 6.67. The Bertz CT molecular complexity index is 709. The van der Waals surface area contributed by atoms with Crippen molar-refractivity contribution in [2.75, 3.05) is 25.1 Å². The van der Waals surface area contributed by atoms with E-state index < -0.39 is 11.9 Å². The summed E-state index contributed by atoms with van der Waals surface area (Å²) in [5, 5.41) is 2.70. The van der Waals surface area contributed by atoms with Crippen LogP contribution < -0.4 is 5.32 Å². The molecule has 1 saturated heterocycles. The number of amides is 1. The summed E-state index contributed by atoms with van der Waals surface area (Å²) in [6.45, 7) is 3.45. The Kier molecular flexibility index (Phi) is 6.85. The molecule has 1 aliphatic heterocycles. The van der Waals surface area contributed by atoms with Crippen molar-refractivity contribution in [3.05, 3.63) is 65.7 Å². The summed E-state index contributed by atoms with van der Waals surface area (Å²) in [7, 11) is 0. The average Bonchev–Trinajstić information content (AvgIpc) is 3.12. The zero-order valence-electron chi connectivity index (χ0n) is 15.8. The molecule has 27 heavy (non-hydrogen) atoms. The Hall–Kier alpha value is -2.37. The summed E-state index contributed by atoms with van der Waals surface area (Å²) in [6, 6.07) is 18.2. The number of ether oxygens (including phenoxy) is 3. The fourth-order valence-electron chi connectivity index (χ4n) is 3.34. The Labute approximate surface area is 160 Å². The SMILES string of the molecule is CCOC(=O)Nc1ccc(CCCC2(Cc3ccccc3)OCCO2)cc1. The lowest BCUT2D eigenvalue weighted by atomic mass is 9.98. The highest BCUT2D eigenvalue weighted by Crippen LogP contribution is 2.30. The van der Waals surface area contributed by atoms with Gasteiger partial charge in [0, 0.05) is 18.5 Å². The monoisotopic (exact) mass is 369 g/mol. The number of rotatable bonds is 8. The van der Waals surface area contributed by atoms with Crippen LogP contribution in [0.5, 0.6) is 0 Å². The summed E-state index contributed by atoms with van der Waals surface area (Å²) in [4.78, 5) is 11.4. The van der Waals surface area contributed by atoms with Crippen LogP contribution in [0.4, 0.5) is 10.5 Å². The van der Waals surface area contributed by atoms with Crippen LogP contribution in [0.1, 0.15) is 30.9 Å². The van der Waals surface area contributed by atoms with Gasteiger partial charge < -0.3 is 14.2 Å². The van der Waals surface area contributed by atoms with Gasteiger partial charge in [0.2, 0.25) is 0 Å². The van der Waals surface area contributed by atoms with Gasteiger partial charge >= 0.3 is 6.09 Å². The van der Waals surface area contributed by atoms with E-state index in [1.54, 1.807) is 6.92 Å². The van der Waals surface area contributed by atoms with Crippen molar-refractivity contribution in [1.29, 1.82) is 0 Å². The number of carbonyl (C=O) groups is 1. The van der Waals surface area contributed by atoms with Crippen molar-refractivity contribution >= 4 is 11.8 Å². The Morgan fingerprint density at radius 1 is 1.04 bits per heavy atom. The van der Waals surface area contributed by atoms with Crippen molar-refractivity contribution in [2.24, 2.45) is 0 Å². The molecule has 0 aliphatic carbocycles. The second kappa shape index (κ2) is 9.53. The van der Waals surface area contributed by atoms with E-state index in [0.29, 0.717) is 19.8 Å². The van der Waals surface area contributed by atoms with E-state index in [2.05, 4.69) is 17.4 Å². The van der Waals surface area contributed by atoms with Crippen LogP contribution in [-0.4, -0.2) is 31.7 Å². The number of hydrogen-bond acceptors (Lipinski definition) is 4. The van der Waals surface area contributed by atoms with Gasteiger partial charge in [-0.15, -0.1) is 0 Å². The predicted octanol–water partition coefficient (Wildman–Crippen LogP) is 4.56. The minimum Gasteiger partial charge on any atom is -0.450 e. The maximum atomic E-state index is 11.4. The smallest absolute Gasteiger partial charge is 0.411 e. The fourth-order valence-corrected chi connectivity index (χ4v) is 3.34. The fraction of sp³-hybridized carbons (Fsp3) is 0.409. The van der Waals surface area contributed by atoms with E-state index in [9.17, 15) is 4.79 Å². The van der Waals surface area contributed by atoms with Gasteiger partial charge in [-0.05, 0) is 43.0 Å². The van der Waals surface area contributed by atoms with Gasteiger partial charge in [-0.2, -0.15) is 0 Å². The maximum Gasteiger partial charge on any atom is 0.411 e. The Balaban J connectivity index is 1.51. The topological polar surface area (TPSA) is 56.8 Å². The number of aryl methyl sites for hydroxylation is 1. The molecule has 1 fully saturated rings. The highest BCUT2D eigenvalue weighted by atomic mass is 16.7. The molecule has 0 spiro atoms. The minimum absolute atomic E-state index is 0.360. The van der Waals surface area contributed by atoms with E-state index in [-0.39, 0.29) is 0 Å². The molecule has 2 aromatic carbocycles. The van der Waals surface area contributed by atoms with Crippen molar-refractivity contribution in [2.45, 2.75) is 38.4 Å². The van der Waals surface area contributed by atoms with Crippen LogP contribution in [0.3, 0.4) is 0 Å². The van der Waals surface area contributed by atoms with Crippen LogP contribution in [0.25, 0.3) is 0 Å². The van der Waals surface area contributed by atoms with Crippen molar-refractivity contribution in [3.63, 3.8) is 0 Å². The van der Waals surface area contributed by atoms with E-state index in [0.717, 1.165) is 31.4 Å². The molecule has 1 aliphatic rings. The molecule has 0 unspecified atom stereocenters. The predicted molar refractivity (Wildman–Crippen MR) is 105 cm³/mol. The molecule has 1 heterocycles. The maximum absolute atomic E-state index is 11.4. The van der Waals surface area contributed by atoms with Gasteiger partial charge in [-0.3, -0.25) is 5.32 Å². The zero-order chi connectivity index (χ0) is 19.0. The molecule has 1 amide bonds. The first-order chi connectivity index (χ1) is 13.2. The highest BCUT2D eigenvalue weighted by Gasteiger charge is 2.36. The number of carbonyl (C=O) groups excluding carboxylic acids is 1. The van der Waals surface area contributed by atoms with E-state index >= 15 is 0 Å². The lowest BCUT2D eigenvalue weighted by Crippen LogP contribution is -2.33. The van der Waals surface area contributed by atoms with Crippen molar-refractivity contribution < 1.29 is 19.0 Å². The lowest BCUT2D eigenvalue weighted by Gasteiger charge is -2.27. The summed E-state index contributed by atoms with van der Waals surface area (Å²) >= 11 is 0. The number of benzene rings is 2. The number of hydrogen-bond donors (Lipinski definition) is 1. The first-order valence-electron chi connectivity index (χ1n) is 9.54. The summed E-state index contributed by atoms with van der Waals surface area (Å²) in [5.74, 6) is -0.507. The molecule has 5 nitrogen and oxygen atoms in total. The van der Waals surface area contributed by atoms with Gasteiger partial charge in [0.05, 0.1) is 19.8 Å². The molecule has 0 atom stereocenters. The summed E-state index contributed by atoms with van der Waals surface area (Å²) in [6.07, 6.45) is 3.10. The highest BCUT2D eigenvalue weighted by molar-refractivity contribution is 5.84. The average molecular weight is 369 g/mol. The minimum atomic E-state index is -0.507. The molecule has 0 radical (unpaired) electrons. The molecule has 0 saturated carbocycles. The molecule has 144 valence electrons. The van der Waals surface area contributed by atoms with Crippen LogP contribution in [0, 0.1) is 0 Å². The van der Waals surface area contributed by atoms with Crippen LogP contribution in [0.2, 0.25) is 0 Å². The normalized spacial score (nSPS) is 15.4. The van der Waals surface area contributed by atoms with Gasteiger partial charge in [0.15, 0.2) is 5.79 Å². The van der Waals surface area contributed by atoms with Gasteiger partial charge in [-0.1, -0.05) is 42.5 Å². The van der Waals surface area contributed by atoms with Crippen molar-refractivity contribution in [3.8, 4) is 0 Å². The second-order valence-electron chi connectivity index (χ2n) is 6.67. The first-order valence-corrected chi connectivity index (χ1v) is 9.54. The van der Waals surface area contributed by atoms with Crippen molar-refractivity contribution in [1.82, 2.24) is 0 Å². The molecule has 0 bridgehead atoms. The zero-order valence-corrected chi connectivity index (χ0v) is 15.8. The Morgan fingerprint density at radius 3 is 2.41 bits per heavy atom. The molecular formula is C22H27NO4. The van der Waals surface area contributed by atoms with Crippen LogP contribution >= 0.6 is 0 Å². The molecule has 5 heteroatoms. The van der Waals surface area contributed by atoms with Crippen LogP contribution in [-0.2, 0) is 27.1 Å². The van der Waals surface area contributed by atoms with Gasteiger partial charge in [0.25, 0.3) is 0 Å². The molecule has 1 N–H and O–H groups in total. The van der Waals surface area contributed by atoms with Gasteiger partial charge in [0.1, 0.15) is 0 Å². The van der Waals surface area contributed by atoms with Crippen LogP contribution in [0.15, 0.2) is 54.6 Å². The first kappa shape index (κ1) is 19.4. The summed E-state index contributed by atoms with van der Waals surface area (Å²) < 4.78 is 16.8. The Morgan fingerprint density at radius 2 is 1.74 bits per heavy atom. The molecular weight excluding hydrogens is 342 g/mol. The third kappa shape index (κ3) is 5.81. The quantitative estimate of drug-likeness (QED) is 0.741. The van der Waals surface area contributed by atoms with Gasteiger partial charge in [-0.25, -0.2) is 4.79 Å². The molecule has 2 aromatic rings. The molecule has 3 rings (SSSR count). The molecule has 0 aromatic heterocycles. The lowest BCUT2D eigenvalue weighted by molar-refractivity contribution is -0.161. The van der Waals surface area contributed by atoms with E-state index in [1.165, 1.54) is 11.1 Å². The standard InChI is InChI=1S/C22H27NO4/c1-2-25-21(24)23-20-12-10-18(11-13-20)9-6-14-22(26-15-16-27-22)17-19-7-4-3-5-8-19/h3-5,7-8,10-13H,2,6,9,14-17H2,1H3,(H,23,24). The summed E-state index contributed by atoms with van der Waals surface area (Å²) in [5.41, 5.74) is 3.19. The number of anilines is 1. The third-order valence-corrected chi connectivity index (χ3v) is 4.63. The third-order valence-electron chi connectivity index (χ3n) is 4.63. The largest absolute Gasteiger partial charge is 0.450 e. The van der Waals surface area contributed by atoms with E-state index in [1.807, 2.05) is 42.5 Å². The number of nitrogens with one attached hydrogen (secondary N) is 1.